The molecule has 18 heavy (non-hydrogen) atoms. The summed E-state index contributed by atoms with van der Waals surface area (Å²) in [5, 5.41) is 5.67. The molecule has 2 rings (SSSR count). The molecule has 0 saturated carbocycles. The number of benzene rings is 1. The van der Waals surface area contributed by atoms with E-state index in [4.69, 9.17) is 0 Å². The number of hydrogen-bond acceptors (Lipinski definition) is 2. The fourth-order valence-electron chi connectivity index (χ4n) is 2.31. The van der Waals surface area contributed by atoms with Crippen LogP contribution < -0.4 is 5.32 Å². The summed E-state index contributed by atoms with van der Waals surface area (Å²) in [5.41, 5.74) is 2.92. The van der Waals surface area contributed by atoms with Crippen LogP contribution in [0.5, 0.6) is 0 Å². The second-order valence-electron chi connectivity index (χ2n) is 4.53. The van der Waals surface area contributed by atoms with E-state index in [0.717, 1.165) is 19.3 Å². The van der Waals surface area contributed by atoms with E-state index in [2.05, 4.69) is 61.1 Å². The SMILES string of the molecule is CCc1ccsc1C(CCc1ccccc1)NC. The van der Waals surface area contributed by atoms with Gasteiger partial charge in [-0.25, -0.2) is 0 Å². The third-order valence-electron chi connectivity index (χ3n) is 3.39. The molecule has 1 nitrogen and oxygen atoms in total. The largest absolute Gasteiger partial charge is 0.312 e. The highest BCUT2D eigenvalue weighted by Crippen LogP contribution is 2.28. The molecule has 0 aliphatic rings. The molecular formula is C16H21NS. The molecule has 1 heterocycles. The smallest absolute Gasteiger partial charge is 0.0418 e. The van der Waals surface area contributed by atoms with Crippen molar-refractivity contribution in [1.82, 2.24) is 5.32 Å². The van der Waals surface area contributed by atoms with Gasteiger partial charge in [-0.2, -0.15) is 0 Å². The molecule has 0 radical (unpaired) electrons. The van der Waals surface area contributed by atoms with Gasteiger partial charge in [0.25, 0.3) is 0 Å². The second-order valence-corrected chi connectivity index (χ2v) is 5.48. The first kappa shape index (κ1) is 13.3. The molecule has 2 aromatic rings. The molecule has 0 spiro atoms. The molecule has 0 saturated heterocycles. The molecule has 1 aromatic carbocycles. The van der Waals surface area contributed by atoms with Crippen molar-refractivity contribution in [1.29, 1.82) is 0 Å². The summed E-state index contributed by atoms with van der Waals surface area (Å²) >= 11 is 1.88. The third-order valence-corrected chi connectivity index (χ3v) is 4.46. The first-order valence-corrected chi connectivity index (χ1v) is 7.50. The summed E-state index contributed by atoms with van der Waals surface area (Å²) in [6.07, 6.45) is 3.42. The van der Waals surface area contributed by atoms with E-state index in [1.165, 1.54) is 16.0 Å². The van der Waals surface area contributed by atoms with Gasteiger partial charge < -0.3 is 5.32 Å². The van der Waals surface area contributed by atoms with E-state index < -0.39 is 0 Å². The highest BCUT2D eigenvalue weighted by atomic mass is 32.1. The molecule has 0 fully saturated rings. The summed E-state index contributed by atoms with van der Waals surface area (Å²) in [7, 11) is 2.06. The molecule has 1 unspecified atom stereocenters. The van der Waals surface area contributed by atoms with Crippen LogP contribution in [0.3, 0.4) is 0 Å². The van der Waals surface area contributed by atoms with Crippen molar-refractivity contribution in [3.8, 4) is 0 Å². The normalized spacial score (nSPS) is 12.6. The Kier molecular flexibility index (Phi) is 4.97. The third kappa shape index (κ3) is 3.21. The molecule has 96 valence electrons. The van der Waals surface area contributed by atoms with Gasteiger partial charge in [-0.15, -0.1) is 11.3 Å². The van der Waals surface area contributed by atoms with E-state index >= 15 is 0 Å². The Morgan fingerprint density at radius 2 is 1.94 bits per heavy atom. The molecule has 1 N–H and O–H groups in total. The Labute approximate surface area is 114 Å². The lowest BCUT2D eigenvalue weighted by atomic mass is 10.0. The van der Waals surface area contributed by atoms with Gasteiger partial charge in [0.1, 0.15) is 0 Å². The summed E-state index contributed by atoms with van der Waals surface area (Å²) < 4.78 is 0. The van der Waals surface area contributed by atoms with Crippen molar-refractivity contribution in [3.63, 3.8) is 0 Å². The minimum absolute atomic E-state index is 0.486. The van der Waals surface area contributed by atoms with Crippen molar-refractivity contribution in [2.24, 2.45) is 0 Å². The van der Waals surface area contributed by atoms with E-state index in [9.17, 15) is 0 Å². The fourth-order valence-corrected chi connectivity index (χ4v) is 3.45. The monoisotopic (exact) mass is 259 g/mol. The van der Waals surface area contributed by atoms with Crippen LogP contribution in [-0.2, 0) is 12.8 Å². The maximum Gasteiger partial charge on any atom is 0.0418 e. The molecule has 0 aliphatic heterocycles. The molecular weight excluding hydrogens is 238 g/mol. The van der Waals surface area contributed by atoms with Gasteiger partial charge in [0, 0.05) is 10.9 Å². The number of thiophene rings is 1. The lowest BCUT2D eigenvalue weighted by molar-refractivity contribution is 0.554. The maximum atomic E-state index is 3.46. The summed E-state index contributed by atoms with van der Waals surface area (Å²) in [4.78, 5) is 1.51. The number of hydrogen-bond donors (Lipinski definition) is 1. The average Bonchev–Trinajstić information content (AvgIpc) is 2.89. The predicted octanol–water partition coefficient (Wildman–Crippen LogP) is 4.20. The minimum atomic E-state index is 0.486. The van der Waals surface area contributed by atoms with Gasteiger partial charge in [-0.05, 0) is 48.9 Å². The van der Waals surface area contributed by atoms with E-state index in [-0.39, 0.29) is 0 Å². The van der Waals surface area contributed by atoms with Gasteiger partial charge in [0.05, 0.1) is 0 Å². The number of nitrogens with one attached hydrogen (secondary N) is 1. The Morgan fingerprint density at radius 1 is 1.17 bits per heavy atom. The standard InChI is InChI=1S/C16H21NS/c1-3-14-11-12-18-16(14)15(17-2)10-9-13-7-5-4-6-8-13/h4-8,11-12,15,17H,3,9-10H2,1-2H3. The zero-order chi connectivity index (χ0) is 12.8. The van der Waals surface area contributed by atoms with Crippen LogP contribution in [-0.4, -0.2) is 7.05 Å². The van der Waals surface area contributed by atoms with E-state index in [0.29, 0.717) is 6.04 Å². The topological polar surface area (TPSA) is 12.0 Å². The van der Waals surface area contributed by atoms with Gasteiger partial charge in [-0.3, -0.25) is 0 Å². The number of rotatable bonds is 6. The Balaban J connectivity index is 2.02. The first-order chi connectivity index (χ1) is 8.85. The van der Waals surface area contributed by atoms with Gasteiger partial charge in [-0.1, -0.05) is 37.3 Å². The fraction of sp³-hybridized carbons (Fsp3) is 0.375. The van der Waals surface area contributed by atoms with Crippen molar-refractivity contribution < 1.29 is 0 Å². The second kappa shape index (κ2) is 6.72. The summed E-state index contributed by atoms with van der Waals surface area (Å²) in [6.45, 7) is 2.23. The average molecular weight is 259 g/mol. The van der Waals surface area contributed by atoms with Crippen molar-refractivity contribution in [2.45, 2.75) is 32.2 Å². The van der Waals surface area contributed by atoms with Crippen molar-refractivity contribution in [3.05, 3.63) is 57.8 Å². The Bertz CT molecular complexity index is 461. The van der Waals surface area contributed by atoms with E-state index in [1.54, 1.807) is 0 Å². The lowest BCUT2D eigenvalue weighted by Gasteiger charge is -2.16. The van der Waals surface area contributed by atoms with Crippen LogP contribution in [0.4, 0.5) is 0 Å². The zero-order valence-corrected chi connectivity index (χ0v) is 12.0. The van der Waals surface area contributed by atoms with Gasteiger partial charge in [0.2, 0.25) is 0 Å². The molecule has 0 amide bonds. The minimum Gasteiger partial charge on any atom is -0.312 e. The van der Waals surface area contributed by atoms with Gasteiger partial charge in [0.15, 0.2) is 0 Å². The zero-order valence-electron chi connectivity index (χ0n) is 11.1. The highest BCUT2D eigenvalue weighted by molar-refractivity contribution is 7.10. The molecule has 1 atom stereocenters. The Hall–Kier alpha value is -1.12. The molecule has 1 aromatic heterocycles. The molecule has 0 aliphatic carbocycles. The van der Waals surface area contributed by atoms with Crippen LogP contribution in [0.1, 0.15) is 35.4 Å². The molecule has 0 bridgehead atoms. The van der Waals surface area contributed by atoms with Crippen molar-refractivity contribution in [2.75, 3.05) is 7.05 Å². The first-order valence-electron chi connectivity index (χ1n) is 6.62. The summed E-state index contributed by atoms with van der Waals surface area (Å²) in [5.74, 6) is 0. The Morgan fingerprint density at radius 3 is 2.61 bits per heavy atom. The quantitative estimate of drug-likeness (QED) is 0.819. The molecule has 2 heteroatoms. The highest BCUT2D eigenvalue weighted by Gasteiger charge is 2.14. The van der Waals surface area contributed by atoms with Crippen molar-refractivity contribution >= 4 is 11.3 Å². The maximum absolute atomic E-state index is 3.46. The van der Waals surface area contributed by atoms with Crippen LogP contribution in [0.2, 0.25) is 0 Å². The van der Waals surface area contributed by atoms with Crippen LogP contribution in [0, 0.1) is 0 Å². The van der Waals surface area contributed by atoms with E-state index in [1.807, 2.05) is 11.3 Å². The van der Waals surface area contributed by atoms with Crippen LogP contribution in [0.25, 0.3) is 0 Å². The van der Waals surface area contributed by atoms with Gasteiger partial charge >= 0.3 is 0 Å². The summed E-state index contributed by atoms with van der Waals surface area (Å²) in [6, 6.07) is 13.5. The van der Waals surface area contributed by atoms with Crippen LogP contribution >= 0.6 is 11.3 Å². The predicted molar refractivity (Wildman–Crippen MR) is 80.3 cm³/mol. The number of aryl methyl sites for hydroxylation is 2. The lowest BCUT2D eigenvalue weighted by Crippen LogP contribution is -2.17. The van der Waals surface area contributed by atoms with Crippen LogP contribution in [0.15, 0.2) is 41.8 Å².